The monoisotopic (exact) mass is 489 g/mol. The summed E-state index contributed by atoms with van der Waals surface area (Å²) in [5.74, 6) is -1.54. The van der Waals surface area contributed by atoms with Crippen molar-refractivity contribution in [2.45, 2.75) is 31.6 Å². The maximum absolute atomic E-state index is 12.6. The molecular weight excluding hydrogens is 462 g/mol. The number of hydrogen-bond donors (Lipinski definition) is 0. The van der Waals surface area contributed by atoms with Gasteiger partial charge in [0.2, 0.25) is 0 Å². The number of benzene rings is 2. The minimum absolute atomic E-state index is 0.0435. The van der Waals surface area contributed by atoms with Gasteiger partial charge in [0.15, 0.2) is 6.61 Å². The van der Waals surface area contributed by atoms with Gasteiger partial charge in [0, 0.05) is 13.1 Å². The molecule has 0 N–H and O–H groups in total. The fourth-order valence-corrected chi connectivity index (χ4v) is 4.87. The van der Waals surface area contributed by atoms with Crippen LogP contribution in [0.3, 0.4) is 0 Å². The molecule has 34 heavy (non-hydrogen) atoms. The molecule has 0 bridgehead atoms. The zero-order chi connectivity index (χ0) is 24.9. The number of carbonyl (C=O) groups is 3. The van der Waals surface area contributed by atoms with E-state index in [-0.39, 0.29) is 34.0 Å². The normalized spacial score (nSPS) is 14.4. The van der Waals surface area contributed by atoms with E-state index in [9.17, 15) is 22.8 Å². The summed E-state index contributed by atoms with van der Waals surface area (Å²) in [6.07, 6.45) is 0.998. The molecule has 0 radical (unpaired) electrons. The second-order valence-electron chi connectivity index (χ2n) is 8.09. The molecule has 1 heterocycles. The fourth-order valence-electron chi connectivity index (χ4n) is 3.63. The van der Waals surface area contributed by atoms with Crippen LogP contribution in [0.4, 0.5) is 0 Å². The van der Waals surface area contributed by atoms with Crippen LogP contribution in [0.2, 0.25) is 0 Å². The Morgan fingerprint density at radius 3 is 2.26 bits per heavy atom. The lowest BCUT2D eigenvalue weighted by molar-refractivity contribution is -0.149. The zero-order valence-corrected chi connectivity index (χ0v) is 20.1. The molecule has 9 nitrogen and oxygen atoms in total. The molecule has 0 spiro atoms. The molecule has 182 valence electrons. The summed E-state index contributed by atoms with van der Waals surface area (Å²) >= 11 is 0. The smallest absolute Gasteiger partial charge is 0.339 e. The van der Waals surface area contributed by atoms with Gasteiger partial charge in [-0.1, -0.05) is 12.1 Å². The number of amides is 1. The molecule has 3 rings (SSSR count). The number of likely N-dealkylation sites (tertiary alicyclic amines) is 1. The van der Waals surface area contributed by atoms with Crippen molar-refractivity contribution in [3.8, 4) is 5.75 Å². The maximum atomic E-state index is 12.6. The van der Waals surface area contributed by atoms with Crippen LogP contribution in [0.25, 0.3) is 0 Å². The van der Waals surface area contributed by atoms with Crippen LogP contribution in [-0.2, 0) is 29.2 Å². The number of piperidine rings is 1. The van der Waals surface area contributed by atoms with Gasteiger partial charge in [0.05, 0.1) is 18.6 Å². The molecule has 10 heteroatoms. The Balaban J connectivity index is 1.54. The van der Waals surface area contributed by atoms with E-state index in [4.69, 9.17) is 13.7 Å². The third-order valence-electron chi connectivity index (χ3n) is 5.62. The highest BCUT2D eigenvalue weighted by Crippen LogP contribution is 2.23. The summed E-state index contributed by atoms with van der Waals surface area (Å²) in [6, 6.07) is 10.5. The summed E-state index contributed by atoms with van der Waals surface area (Å²) in [4.78, 5) is 37.8. The van der Waals surface area contributed by atoms with Crippen molar-refractivity contribution in [1.29, 1.82) is 0 Å². The first-order valence-corrected chi connectivity index (χ1v) is 12.2. The van der Waals surface area contributed by atoms with Crippen LogP contribution in [0.1, 0.15) is 34.3 Å². The molecule has 1 saturated heterocycles. The first-order chi connectivity index (χ1) is 16.1. The quantitative estimate of drug-likeness (QED) is 0.431. The number of rotatable bonds is 7. The van der Waals surface area contributed by atoms with Crippen LogP contribution < -0.4 is 4.18 Å². The van der Waals surface area contributed by atoms with Gasteiger partial charge in [-0.15, -0.1) is 0 Å². The van der Waals surface area contributed by atoms with Crippen molar-refractivity contribution in [1.82, 2.24) is 4.90 Å². The Hall–Kier alpha value is -3.40. The van der Waals surface area contributed by atoms with Crippen molar-refractivity contribution in [3.63, 3.8) is 0 Å². The molecule has 0 aromatic heterocycles. The van der Waals surface area contributed by atoms with Crippen LogP contribution in [0, 0.1) is 19.8 Å². The first-order valence-electron chi connectivity index (χ1n) is 10.7. The summed E-state index contributed by atoms with van der Waals surface area (Å²) in [6.45, 7) is 3.81. The number of ether oxygens (including phenoxy) is 2. The SMILES string of the molecule is COC(=O)C1CCN(C(=O)COC(=O)c2ccc(OS(=O)(=O)c3cc(C)ccc3C)cc2)CC1. The van der Waals surface area contributed by atoms with E-state index >= 15 is 0 Å². The fraction of sp³-hybridized carbons (Fsp3) is 0.375. The van der Waals surface area contributed by atoms with Crippen molar-refractivity contribution < 1.29 is 36.5 Å². The van der Waals surface area contributed by atoms with E-state index in [0.29, 0.717) is 31.5 Å². The van der Waals surface area contributed by atoms with Gasteiger partial charge in [-0.3, -0.25) is 9.59 Å². The Morgan fingerprint density at radius 2 is 1.65 bits per heavy atom. The van der Waals surface area contributed by atoms with Gasteiger partial charge in [-0.25, -0.2) is 4.79 Å². The Labute approximate surface area is 198 Å². The molecule has 1 aliphatic heterocycles. The molecule has 2 aromatic carbocycles. The Morgan fingerprint density at radius 1 is 1.00 bits per heavy atom. The summed E-state index contributed by atoms with van der Waals surface area (Å²) in [5, 5.41) is 0. The molecule has 1 aliphatic rings. The van der Waals surface area contributed by atoms with Crippen molar-refractivity contribution in [2.24, 2.45) is 5.92 Å². The molecule has 2 aromatic rings. The zero-order valence-electron chi connectivity index (χ0n) is 19.3. The highest BCUT2D eigenvalue weighted by molar-refractivity contribution is 7.87. The second kappa shape index (κ2) is 10.7. The molecule has 1 amide bonds. The molecule has 1 fully saturated rings. The lowest BCUT2D eigenvalue weighted by atomic mass is 9.97. The minimum Gasteiger partial charge on any atom is -0.469 e. The largest absolute Gasteiger partial charge is 0.469 e. The molecular formula is C24H27NO8S. The third-order valence-corrected chi connectivity index (χ3v) is 7.01. The molecule has 0 aliphatic carbocycles. The van der Waals surface area contributed by atoms with E-state index in [1.54, 1.807) is 24.8 Å². The van der Waals surface area contributed by atoms with Gasteiger partial charge >= 0.3 is 22.1 Å². The number of carbonyl (C=O) groups excluding carboxylic acids is 3. The van der Waals surface area contributed by atoms with E-state index in [1.165, 1.54) is 37.4 Å². The Bertz CT molecular complexity index is 1170. The predicted octanol–water partition coefficient (Wildman–Crippen LogP) is 2.64. The summed E-state index contributed by atoms with van der Waals surface area (Å²) in [7, 11) is -2.70. The Kier molecular flexibility index (Phi) is 7.93. The second-order valence-corrected chi connectivity index (χ2v) is 9.60. The van der Waals surface area contributed by atoms with E-state index in [0.717, 1.165) is 5.56 Å². The van der Waals surface area contributed by atoms with Crippen LogP contribution >= 0.6 is 0 Å². The number of methoxy groups -OCH3 is 1. The molecule has 0 unspecified atom stereocenters. The average molecular weight is 490 g/mol. The highest BCUT2D eigenvalue weighted by atomic mass is 32.2. The maximum Gasteiger partial charge on any atom is 0.339 e. The van der Waals surface area contributed by atoms with Crippen LogP contribution in [0.15, 0.2) is 47.4 Å². The molecule has 0 atom stereocenters. The number of hydrogen-bond acceptors (Lipinski definition) is 8. The minimum atomic E-state index is -4.04. The van der Waals surface area contributed by atoms with Gasteiger partial charge in [-0.2, -0.15) is 8.42 Å². The predicted molar refractivity (Wildman–Crippen MR) is 122 cm³/mol. The van der Waals surface area contributed by atoms with E-state index in [2.05, 4.69) is 0 Å². The van der Waals surface area contributed by atoms with E-state index < -0.39 is 22.7 Å². The van der Waals surface area contributed by atoms with Gasteiger partial charge in [0.25, 0.3) is 5.91 Å². The number of nitrogens with zero attached hydrogens (tertiary/aromatic N) is 1. The van der Waals surface area contributed by atoms with Crippen LogP contribution in [0.5, 0.6) is 5.75 Å². The van der Waals surface area contributed by atoms with Crippen molar-refractivity contribution in [3.05, 3.63) is 59.2 Å². The summed E-state index contributed by atoms with van der Waals surface area (Å²) in [5.41, 5.74) is 1.49. The van der Waals surface area contributed by atoms with Gasteiger partial charge in [-0.05, 0) is 68.1 Å². The summed E-state index contributed by atoms with van der Waals surface area (Å²) < 4.78 is 40.2. The lowest BCUT2D eigenvalue weighted by Gasteiger charge is -2.30. The van der Waals surface area contributed by atoms with E-state index in [1.807, 2.05) is 6.07 Å². The van der Waals surface area contributed by atoms with Gasteiger partial charge < -0.3 is 18.6 Å². The van der Waals surface area contributed by atoms with Crippen molar-refractivity contribution in [2.75, 3.05) is 26.8 Å². The van der Waals surface area contributed by atoms with Crippen LogP contribution in [-0.4, -0.2) is 58.0 Å². The molecule has 0 saturated carbocycles. The lowest BCUT2D eigenvalue weighted by Crippen LogP contribution is -2.42. The topological polar surface area (TPSA) is 116 Å². The first kappa shape index (κ1) is 25.2. The highest BCUT2D eigenvalue weighted by Gasteiger charge is 2.28. The van der Waals surface area contributed by atoms with Crippen molar-refractivity contribution >= 4 is 28.0 Å². The third kappa shape index (κ3) is 6.13. The number of aryl methyl sites for hydroxylation is 2. The number of esters is 2. The average Bonchev–Trinajstić information content (AvgIpc) is 2.83. The standard InChI is InChI=1S/C24H27NO8S/c1-16-4-5-17(2)21(14-16)34(29,30)33-20-8-6-18(7-9-20)24(28)32-15-22(26)25-12-10-19(11-13-25)23(27)31-3/h4-9,14,19H,10-13,15H2,1-3H3. The van der Waals surface area contributed by atoms with Gasteiger partial charge in [0.1, 0.15) is 10.6 Å².